The molecule has 1 aromatic heterocycles. The van der Waals surface area contributed by atoms with E-state index < -0.39 is 32.6 Å². The molecule has 0 aliphatic heterocycles. The summed E-state index contributed by atoms with van der Waals surface area (Å²) in [6.07, 6.45) is -1.02. The number of aromatic amines is 1. The zero-order valence-electron chi connectivity index (χ0n) is 15.8. The number of hydrogen-bond acceptors (Lipinski definition) is 4. The van der Waals surface area contributed by atoms with Crippen LogP contribution >= 0.6 is 12.4 Å². The van der Waals surface area contributed by atoms with Gasteiger partial charge in [-0.3, -0.25) is 9.52 Å². The molecule has 3 rings (SSSR count). The number of aromatic nitrogens is 2. The van der Waals surface area contributed by atoms with Gasteiger partial charge in [0, 0.05) is 25.4 Å². The van der Waals surface area contributed by atoms with Crippen LogP contribution in [0.25, 0.3) is 0 Å². The Morgan fingerprint density at radius 3 is 2.52 bits per heavy atom. The van der Waals surface area contributed by atoms with Gasteiger partial charge < -0.3 is 10.3 Å². The average molecular weight is 475 g/mol. The Morgan fingerprint density at radius 1 is 1.10 bits per heavy atom. The second-order valence-electron chi connectivity index (χ2n) is 6.22. The van der Waals surface area contributed by atoms with Crippen LogP contribution in [0.3, 0.4) is 0 Å². The second kappa shape index (κ2) is 9.84. The highest BCUT2D eigenvalue weighted by atomic mass is 35.5. The van der Waals surface area contributed by atoms with Crippen LogP contribution < -0.4 is 10.0 Å². The molecule has 3 N–H and O–H groups in total. The van der Waals surface area contributed by atoms with Gasteiger partial charge >= 0.3 is 6.18 Å². The lowest BCUT2D eigenvalue weighted by Crippen LogP contribution is -2.27. The van der Waals surface area contributed by atoms with Gasteiger partial charge in [-0.05, 0) is 30.3 Å². The first-order valence-electron chi connectivity index (χ1n) is 8.72. The minimum atomic E-state index is -4.68. The van der Waals surface area contributed by atoms with Crippen molar-refractivity contribution in [1.29, 1.82) is 0 Å². The number of para-hydroxylation sites is 1. The number of sulfonamides is 1. The molecule has 0 radical (unpaired) electrons. The minimum Gasteiger partial charge on any atom is -0.352 e. The predicted octanol–water partition coefficient (Wildman–Crippen LogP) is 3.62. The van der Waals surface area contributed by atoms with Crippen LogP contribution in [-0.4, -0.2) is 30.8 Å². The summed E-state index contributed by atoms with van der Waals surface area (Å²) in [7, 11) is -4.35. The summed E-state index contributed by atoms with van der Waals surface area (Å²) in [5, 5.41) is 2.65. The van der Waals surface area contributed by atoms with E-state index in [0.717, 1.165) is 18.2 Å². The molecule has 0 saturated carbocycles. The molecule has 0 fully saturated rings. The van der Waals surface area contributed by atoms with Gasteiger partial charge in [-0.2, -0.15) is 13.2 Å². The highest BCUT2D eigenvalue weighted by Crippen LogP contribution is 2.31. The van der Waals surface area contributed by atoms with Crippen LogP contribution in [0.4, 0.5) is 18.9 Å². The van der Waals surface area contributed by atoms with Crippen LogP contribution in [0.15, 0.2) is 65.8 Å². The van der Waals surface area contributed by atoms with E-state index in [0.29, 0.717) is 18.3 Å². The van der Waals surface area contributed by atoms with Gasteiger partial charge in [0.2, 0.25) is 0 Å². The summed E-state index contributed by atoms with van der Waals surface area (Å²) < 4.78 is 66.1. The molecule has 166 valence electrons. The number of carbonyl (C=O) groups is 1. The van der Waals surface area contributed by atoms with Gasteiger partial charge in [0.15, 0.2) is 0 Å². The summed E-state index contributed by atoms with van der Waals surface area (Å²) in [5.41, 5.74) is -1.10. The van der Waals surface area contributed by atoms with Crippen molar-refractivity contribution in [2.24, 2.45) is 0 Å². The molecule has 1 heterocycles. The number of anilines is 1. The first kappa shape index (κ1) is 24.2. The standard InChI is InChI=1S/C19H17F3N4O3S.ClH/c20-19(21,22)13-4-3-5-14(12-13)30(28,29)26-16-7-2-1-6-15(16)18(27)25-9-8-17-23-10-11-24-17;/h1-7,10-12,26H,8-9H2,(H,23,24)(H,25,27);1H. The van der Waals surface area contributed by atoms with E-state index in [9.17, 15) is 26.4 Å². The summed E-state index contributed by atoms with van der Waals surface area (Å²) in [6.45, 7) is 0.251. The number of imidazole rings is 1. The number of halogens is 4. The van der Waals surface area contributed by atoms with E-state index in [1.54, 1.807) is 18.5 Å². The van der Waals surface area contributed by atoms with Gasteiger partial charge in [0.05, 0.1) is 21.7 Å². The summed E-state index contributed by atoms with van der Waals surface area (Å²) >= 11 is 0. The third kappa shape index (κ3) is 6.22. The zero-order valence-corrected chi connectivity index (χ0v) is 17.4. The third-order valence-corrected chi connectivity index (χ3v) is 5.45. The Morgan fingerprint density at radius 2 is 1.84 bits per heavy atom. The number of hydrogen-bond donors (Lipinski definition) is 3. The Bertz CT molecular complexity index is 1140. The van der Waals surface area contributed by atoms with Gasteiger partial charge in [-0.25, -0.2) is 13.4 Å². The quantitative estimate of drug-likeness (QED) is 0.486. The molecular formula is C19H18ClF3N4O3S. The molecule has 3 aromatic rings. The molecule has 7 nitrogen and oxygen atoms in total. The molecular weight excluding hydrogens is 457 g/mol. The van der Waals surface area contributed by atoms with Crippen LogP contribution in [0, 0.1) is 0 Å². The number of amides is 1. The molecule has 0 bridgehead atoms. The number of rotatable bonds is 7. The number of nitrogens with one attached hydrogen (secondary N) is 3. The number of benzene rings is 2. The van der Waals surface area contributed by atoms with Crippen LogP contribution in [0.1, 0.15) is 21.7 Å². The van der Waals surface area contributed by atoms with E-state index >= 15 is 0 Å². The molecule has 0 saturated heterocycles. The average Bonchev–Trinajstić information content (AvgIpc) is 3.21. The van der Waals surface area contributed by atoms with E-state index in [4.69, 9.17) is 0 Å². The van der Waals surface area contributed by atoms with Crippen LogP contribution in [0.2, 0.25) is 0 Å². The van der Waals surface area contributed by atoms with Gasteiger partial charge in [0.1, 0.15) is 5.82 Å². The Kier molecular flexibility index (Phi) is 7.69. The SMILES string of the molecule is Cl.O=C(NCCc1ncc[nH]1)c1ccccc1NS(=O)(=O)c1cccc(C(F)(F)F)c1. The zero-order chi connectivity index (χ0) is 21.8. The van der Waals surface area contributed by atoms with Crippen molar-refractivity contribution in [3.8, 4) is 0 Å². The molecule has 31 heavy (non-hydrogen) atoms. The lowest BCUT2D eigenvalue weighted by molar-refractivity contribution is -0.137. The lowest BCUT2D eigenvalue weighted by atomic mass is 10.1. The maximum absolute atomic E-state index is 12.9. The fourth-order valence-corrected chi connectivity index (χ4v) is 3.76. The summed E-state index contributed by atoms with van der Waals surface area (Å²) in [6, 6.07) is 9.17. The topological polar surface area (TPSA) is 104 Å². The lowest BCUT2D eigenvalue weighted by Gasteiger charge is -2.14. The van der Waals surface area contributed by atoms with Gasteiger partial charge in [-0.15, -0.1) is 12.4 Å². The van der Waals surface area contributed by atoms with Crippen molar-refractivity contribution in [3.63, 3.8) is 0 Å². The fourth-order valence-electron chi connectivity index (χ4n) is 2.64. The Labute approximate surface area is 182 Å². The van der Waals surface area contributed by atoms with E-state index in [1.807, 2.05) is 0 Å². The molecule has 0 unspecified atom stereocenters. The minimum absolute atomic E-state index is 0. The Hall–Kier alpha value is -3.05. The van der Waals surface area contributed by atoms with Crippen molar-refractivity contribution in [1.82, 2.24) is 15.3 Å². The number of carbonyl (C=O) groups excluding carboxylic acids is 1. The van der Waals surface area contributed by atoms with E-state index in [2.05, 4.69) is 20.0 Å². The van der Waals surface area contributed by atoms with Crippen LogP contribution in [0.5, 0.6) is 0 Å². The van der Waals surface area contributed by atoms with Crippen molar-refractivity contribution in [2.45, 2.75) is 17.5 Å². The van der Waals surface area contributed by atoms with Crippen molar-refractivity contribution in [3.05, 3.63) is 77.9 Å². The maximum Gasteiger partial charge on any atom is 0.416 e. The number of H-pyrrole nitrogens is 1. The van der Waals surface area contributed by atoms with Crippen molar-refractivity contribution in [2.75, 3.05) is 11.3 Å². The monoisotopic (exact) mass is 474 g/mol. The van der Waals surface area contributed by atoms with Crippen molar-refractivity contribution >= 4 is 34.0 Å². The van der Waals surface area contributed by atoms with E-state index in [1.165, 1.54) is 18.2 Å². The first-order chi connectivity index (χ1) is 14.2. The maximum atomic E-state index is 12.9. The van der Waals surface area contributed by atoms with Gasteiger partial charge in [-0.1, -0.05) is 18.2 Å². The summed E-state index contributed by atoms with van der Waals surface area (Å²) in [4.78, 5) is 18.8. The smallest absolute Gasteiger partial charge is 0.352 e. The van der Waals surface area contributed by atoms with Crippen LogP contribution in [-0.2, 0) is 22.6 Å². The molecule has 0 aliphatic carbocycles. The highest BCUT2D eigenvalue weighted by molar-refractivity contribution is 7.92. The summed E-state index contributed by atoms with van der Waals surface area (Å²) in [5.74, 6) is 0.137. The number of alkyl halides is 3. The third-order valence-electron chi connectivity index (χ3n) is 4.09. The van der Waals surface area contributed by atoms with Gasteiger partial charge in [0.25, 0.3) is 15.9 Å². The first-order valence-corrected chi connectivity index (χ1v) is 10.2. The molecule has 2 aromatic carbocycles. The fraction of sp³-hybridized carbons (Fsp3) is 0.158. The normalized spacial score (nSPS) is 11.5. The molecule has 0 aliphatic rings. The molecule has 12 heteroatoms. The molecule has 1 amide bonds. The highest BCUT2D eigenvalue weighted by Gasteiger charge is 2.31. The molecule has 0 spiro atoms. The Balaban J connectivity index is 0.00000341. The molecule has 0 atom stereocenters. The van der Waals surface area contributed by atoms with E-state index in [-0.39, 0.29) is 30.2 Å². The predicted molar refractivity (Wildman–Crippen MR) is 111 cm³/mol. The van der Waals surface area contributed by atoms with Crippen molar-refractivity contribution < 1.29 is 26.4 Å². The largest absolute Gasteiger partial charge is 0.416 e. The second-order valence-corrected chi connectivity index (χ2v) is 7.90. The number of nitrogens with zero attached hydrogens (tertiary/aromatic N) is 1.